The molecule has 0 radical (unpaired) electrons. The van der Waals surface area contributed by atoms with Gasteiger partial charge in [0.05, 0.1) is 18.2 Å². The van der Waals surface area contributed by atoms with Gasteiger partial charge < -0.3 is 0 Å². The van der Waals surface area contributed by atoms with Crippen molar-refractivity contribution in [2.45, 2.75) is 46.1 Å². The van der Waals surface area contributed by atoms with Crippen LogP contribution in [0.1, 0.15) is 54.6 Å². The van der Waals surface area contributed by atoms with Crippen molar-refractivity contribution in [2.75, 3.05) is 0 Å². The van der Waals surface area contributed by atoms with E-state index in [4.69, 9.17) is 0 Å². The van der Waals surface area contributed by atoms with Gasteiger partial charge in [0.25, 0.3) is 0 Å². The Morgan fingerprint density at radius 1 is 1.25 bits per heavy atom. The van der Waals surface area contributed by atoms with Crippen LogP contribution in [0.25, 0.3) is 0 Å². The largest absolute Gasteiger partial charge is 0.290 e. The summed E-state index contributed by atoms with van der Waals surface area (Å²) in [5, 5.41) is 4.48. The third-order valence-electron chi connectivity index (χ3n) is 3.35. The molecule has 2 rings (SSSR count). The van der Waals surface area contributed by atoms with E-state index in [1.165, 1.54) is 0 Å². The van der Waals surface area contributed by atoms with E-state index in [1.807, 2.05) is 23.9 Å². The normalized spacial score (nSPS) is 11.0. The highest BCUT2D eigenvalue weighted by Gasteiger charge is 2.13. The minimum atomic E-state index is -0.0974. The van der Waals surface area contributed by atoms with E-state index in [2.05, 4.69) is 28.9 Å². The van der Waals surface area contributed by atoms with E-state index >= 15 is 0 Å². The predicted molar refractivity (Wildman–Crippen MR) is 76.6 cm³/mol. The van der Waals surface area contributed by atoms with Crippen molar-refractivity contribution >= 4 is 5.78 Å². The second-order valence-electron chi connectivity index (χ2n) is 4.94. The van der Waals surface area contributed by atoms with Gasteiger partial charge in [0.1, 0.15) is 0 Å². The van der Waals surface area contributed by atoms with Crippen LogP contribution in [0.5, 0.6) is 0 Å². The molecule has 2 aromatic rings. The van der Waals surface area contributed by atoms with Gasteiger partial charge in [-0.1, -0.05) is 13.8 Å². The van der Waals surface area contributed by atoms with Gasteiger partial charge in [-0.2, -0.15) is 5.10 Å². The van der Waals surface area contributed by atoms with Gasteiger partial charge >= 0.3 is 0 Å². The lowest BCUT2D eigenvalue weighted by Crippen LogP contribution is -2.11. The predicted octanol–water partition coefficient (Wildman–Crippen LogP) is 2.77. The number of carbonyl (C=O) groups is 1. The molecule has 106 valence electrons. The molecule has 0 saturated heterocycles. The van der Waals surface area contributed by atoms with Crippen LogP contribution < -0.4 is 0 Å². The van der Waals surface area contributed by atoms with E-state index in [9.17, 15) is 4.79 Å². The molecule has 5 heteroatoms. The molecule has 0 aromatic carbocycles. The minimum absolute atomic E-state index is 0.0974. The van der Waals surface area contributed by atoms with Crippen LogP contribution >= 0.6 is 0 Å². The van der Waals surface area contributed by atoms with E-state index in [0.29, 0.717) is 6.04 Å². The zero-order chi connectivity index (χ0) is 14.5. The molecule has 5 nitrogen and oxygen atoms in total. The maximum absolute atomic E-state index is 12.1. The van der Waals surface area contributed by atoms with Crippen LogP contribution in [0.4, 0.5) is 0 Å². The summed E-state index contributed by atoms with van der Waals surface area (Å²) in [7, 11) is 0. The molecule has 0 unspecified atom stereocenters. The summed E-state index contributed by atoms with van der Waals surface area (Å²) in [6.45, 7) is 6.17. The third-order valence-corrected chi connectivity index (χ3v) is 3.35. The topological polar surface area (TPSA) is 60.7 Å². The number of ketones is 1. The monoisotopic (exact) mass is 272 g/mol. The molecule has 0 aliphatic rings. The highest BCUT2D eigenvalue weighted by molar-refractivity contribution is 5.93. The van der Waals surface area contributed by atoms with Crippen molar-refractivity contribution in [2.24, 2.45) is 0 Å². The number of carbonyl (C=O) groups excluding carboxylic acids is 1. The average molecular weight is 272 g/mol. The number of rotatable bonds is 6. The number of aryl methyl sites for hydroxylation is 1. The maximum Gasteiger partial charge on any atom is 0.206 e. The molecular weight excluding hydrogens is 252 g/mol. The fourth-order valence-electron chi connectivity index (χ4n) is 2.12. The Morgan fingerprint density at radius 2 is 1.90 bits per heavy atom. The molecule has 20 heavy (non-hydrogen) atoms. The summed E-state index contributed by atoms with van der Waals surface area (Å²) in [4.78, 5) is 20.2. The number of nitrogens with zero attached hydrogens (tertiary/aromatic N) is 4. The van der Waals surface area contributed by atoms with Gasteiger partial charge in [0.15, 0.2) is 5.82 Å². The van der Waals surface area contributed by atoms with Crippen molar-refractivity contribution in [1.29, 1.82) is 0 Å². The fraction of sp³-hybridized carbons (Fsp3) is 0.467. The van der Waals surface area contributed by atoms with Gasteiger partial charge in [-0.15, -0.1) is 0 Å². The first-order valence-electron chi connectivity index (χ1n) is 6.99. The molecule has 0 saturated carbocycles. The quantitative estimate of drug-likeness (QED) is 0.759. The van der Waals surface area contributed by atoms with Gasteiger partial charge in [0, 0.05) is 18.6 Å². The SMILES string of the molecule is CCC(CC)n1ccc(CC(=O)c2ncc(C)cn2)n1. The minimum Gasteiger partial charge on any atom is -0.290 e. The van der Waals surface area contributed by atoms with E-state index in [1.54, 1.807) is 12.4 Å². The molecule has 0 aliphatic carbocycles. The Labute approximate surface area is 119 Å². The smallest absolute Gasteiger partial charge is 0.206 e. The Balaban J connectivity index is 2.06. The molecule has 0 spiro atoms. The van der Waals surface area contributed by atoms with E-state index in [0.717, 1.165) is 24.1 Å². The van der Waals surface area contributed by atoms with E-state index < -0.39 is 0 Å². The lowest BCUT2D eigenvalue weighted by atomic mass is 10.2. The maximum atomic E-state index is 12.1. The third kappa shape index (κ3) is 3.29. The first kappa shape index (κ1) is 14.4. The van der Waals surface area contributed by atoms with Crippen LogP contribution in [-0.4, -0.2) is 25.5 Å². The molecule has 0 atom stereocenters. The summed E-state index contributed by atoms with van der Waals surface area (Å²) >= 11 is 0. The standard InChI is InChI=1S/C15H20N4O/c1-4-13(5-2)19-7-6-12(18-19)8-14(20)15-16-9-11(3)10-17-15/h6-7,9-10,13H,4-5,8H2,1-3H3. The first-order chi connectivity index (χ1) is 9.63. The van der Waals surface area contributed by atoms with Crippen LogP contribution in [-0.2, 0) is 6.42 Å². The van der Waals surface area contributed by atoms with Crippen LogP contribution in [0.15, 0.2) is 24.7 Å². The molecule has 0 N–H and O–H groups in total. The van der Waals surface area contributed by atoms with Crippen molar-refractivity contribution in [3.8, 4) is 0 Å². The summed E-state index contributed by atoms with van der Waals surface area (Å²) in [6, 6.07) is 2.29. The molecule has 0 aliphatic heterocycles. The molecule has 0 fully saturated rings. The van der Waals surface area contributed by atoms with Gasteiger partial charge in [-0.3, -0.25) is 9.48 Å². The lowest BCUT2D eigenvalue weighted by molar-refractivity contribution is 0.0981. The highest BCUT2D eigenvalue weighted by atomic mass is 16.1. The van der Waals surface area contributed by atoms with Crippen LogP contribution in [0.2, 0.25) is 0 Å². The van der Waals surface area contributed by atoms with Crippen LogP contribution in [0.3, 0.4) is 0 Å². The van der Waals surface area contributed by atoms with Crippen LogP contribution in [0, 0.1) is 6.92 Å². The van der Waals surface area contributed by atoms with Crippen molar-refractivity contribution in [3.63, 3.8) is 0 Å². The second-order valence-corrected chi connectivity index (χ2v) is 4.94. The number of hydrogen-bond acceptors (Lipinski definition) is 4. The summed E-state index contributed by atoms with van der Waals surface area (Å²) in [6.07, 6.45) is 7.57. The van der Waals surface area contributed by atoms with E-state index in [-0.39, 0.29) is 18.0 Å². The Morgan fingerprint density at radius 3 is 2.50 bits per heavy atom. The summed E-state index contributed by atoms with van der Waals surface area (Å²) in [5.41, 5.74) is 1.71. The first-order valence-corrected chi connectivity index (χ1v) is 6.99. The highest BCUT2D eigenvalue weighted by Crippen LogP contribution is 2.15. The Hall–Kier alpha value is -2.04. The number of aromatic nitrogens is 4. The molecule has 2 aromatic heterocycles. The zero-order valence-electron chi connectivity index (χ0n) is 12.2. The van der Waals surface area contributed by atoms with Gasteiger partial charge in [-0.05, 0) is 31.4 Å². The lowest BCUT2D eigenvalue weighted by Gasteiger charge is -2.12. The van der Waals surface area contributed by atoms with Crippen molar-refractivity contribution < 1.29 is 4.79 Å². The van der Waals surface area contributed by atoms with Crippen molar-refractivity contribution in [3.05, 3.63) is 41.7 Å². The molecule has 0 bridgehead atoms. The average Bonchev–Trinajstić information content (AvgIpc) is 2.89. The molecule has 2 heterocycles. The van der Waals surface area contributed by atoms with Gasteiger partial charge in [0.2, 0.25) is 5.78 Å². The molecule has 0 amide bonds. The Bertz CT molecular complexity index is 570. The van der Waals surface area contributed by atoms with Crippen molar-refractivity contribution in [1.82, 2.24) is 19.7 Å². The fourth-order valence-corrected chi connectivity index (χ4v) is 2.12. The summed E-state index contributed by atoms with van der Waals surface area (Å²) < 4.78 is 1.94. The summed E-state index contributed by atoms with van der Waals surface area (Å²) in [5.74, 6) is 0.160. The van der Waals surface area contributed by atoms with Gasteiger partial charge in [-0.25, -0.2) is 9.97 Å². The zero-order valence-corrected chi connectivity index (χ0v) is 12.2. The second kappa shape index (κ2) is 6.41. The molecular formula is C15H20N4O. The number of hydrogen-bond donors (Lipinski definition) is 0. The number of Topliss-reactive ketones (excluding diaryl/α,β-unsaturated/α-hetero) is 1. The Kier molecular flexibility index (Phi) is 4.61.